The van der Waals surface area contributed by atoms with Gasteiger partial charge in [-0.2, -0.15) is 5.10 Å². The number of aromatic nitrogens is 3. The minimum Gasteiger partial charge on any atom is -0.352 e. The van der Waals surface area contributed by atoms with E-state index >= 15 is 0 Å². The highest BCUT2D eigenvalue weighted by atomic mass is 16.2. The number of carbonyl (C=O) groups excluding carboxylic acids is 2. The summed E-state index contributed by atoms with van der Waals surface area (Å²) in [5.41, 5.74) is 1.85. The molecule has 1 aromatic carbocycles. The average molecular weight is 358 g/mol. The SMILES string of the molecule is CCNC(=O)c1cccc(NC(=O)N[C@@H](c2ncnn2C)C(C)C)c1C. The fourth-order valence-corrected chi connectivity index (χ4v) is 2.69. The molecule has 1 heterocycles. The zero-order valence-electron chi connectivity index (χ0n) is 15.8. The molecule has 26 heavy (non-hydrogen) atoms. The van der Waals surface area contributed by atoms with Gasteiger partial charge in [0.2, 0.25) is 0 Å². The van der Waals surface area contributed by atoms with Crippen LogP contribution in [0.25, 0.3) is 0 Å². The van der Waals surface area contributed by atoms with Gasteiger partial charge in [0, 0.05) is 24.8 Å². The molecule has 1 aromatic heterocycles. The van der Waals surface area contributed by atoms with Gasteiger partial charge in [-0.05, 0) is 37.5 Å². The third kappa shape index (κ3) is 4.38. The second-order valence-corrected chi connectivity index (χ2v) is 6.40. The number of nitrogens with one attached hydrogen (secondary N) is 3. The van der Waals surface area contributed by atoms with Crippen molar-refractivity contribution in [2.24, 2.45) is 13.0 Å². The number of hydrogen-bond acceptors (Lipinski definition) is 4. The quantitative estimate of drug-likeness (QED) is 0.738. The number of nitrogens with zero attached hydrogens (tertiary/aromatic N) is 3. The van der Waals surface area contributed by atoms with Crippen LogP contribution >= 0.6 is 0 Å². The van der Waals surface area contributed by atoms with Gasteiger partial charge in [-0.25, -0.2) is 9.78 Å². The lowest BCUT2D eigenvalue weighted by atomic mass is 10.0. The number of hydrogen-bond donors (Lipinski definition) is 3. The van der Waals surface area contributed by atoms with Gasteiger partial charge in [-0.15, -0.1) is 0 Å². The molecule has 3 N–H and O–H groups in total. The predicted octanol–water partition coefficient (Wildman–Crippen LogP) is 2.39. The molecule has 0 aliphatic heterocycles. The zero-order valence-corrected chi connectivity index (χ0v) is 15.8. The first-order valence-corrected chi connectivity index (χ1v) is 8.64. The van der Waals surface area contributed by atoms with E-state index < -0.39 is 0 Å². The van der Waals surface area contributed by atoms with Crippen molar-refractivity contribution in [3.63, 3.8) is 0 Å². The molecule has 0 bridgehead atoms. The Bertz CT molecular complexity index is 784. The number of aryl methyl sites for hydroxylation is 1. The fourth-order valence-electron chi connectivity index (χ4n) is 2.69. The smallest absolute Gasteiger partial charge is 0.319 e. The van der Waals surface area contributed by atoms with Gasteiger partial charge in [0.15, 0.2) is 0 Å². The summed E-state index contributed by atoms with van der Waals surface area (Å²) in [7, 11) is 1.79. The second-order valence-electron chi connectivity index (χ2n) is 6.40. The minimum atomic E-state index is -0.358. The molecule has 2 aromatic rings. The third-order valence-electron chi connectivity index (χ3n) is 4.14. The lowest BCUT2D eigenvalue weighted by Gasteiger charge is -2.22. The fraction of sp³-hybridized carbons (Fsp3) is 0.444. The van der Waals surface area contributed by atoms with Crippen molar-refractivity contribution in [3.05, 3.63) is 41.5 Å². The maximum atomic E-state index is 12.5. The first kappa shape index (κ1) is 19.4. The van der Waals surface area contributed by atoms with E-state index in [0.29, 0.717) is 29.2 Å². The second kappa shape index (κ2) is 8.46. The Morgan fingerprint density at radius 2 is 2.00 bits per heavy atom. The standard InChI is InChI=1S/C18H26N6O2/c1-6-19-17(25)13-8-7-9-14(12(13)4)22-18(26)23-15(11(2)3)16-20-10-21-24(16)5/h7-11,15H,6H2,1-5H3,(H,19,25)(H2,22,23,26)/t15-/m1/s1. The Kier molecular flexibility index (Phi) is 6.32. The Labute approximate surface area is 153 Å². The molecule has 0 saturated heterocycles. The lowest BCUT2D eigenvalue weighted by Crippen LogP contribution is -2.36. The van der Waals surface area contributed by atoms with E-state index in [4.69, 9.17) is 0 Å². The lowest BCUT2D eigenvalue weighted by molar-refractivity contribution is 0.0955. The Balaban J connectivity index is 2.15. The number of anilines is 1. The van der Waals surface area contributed by atoms with Gasteiger partial charge in [-0.3, -0.25) is 9.48 Å². The van der Waals surface area contributed by atoms with E-state index in [9.17, 15) is 9.59 Å². The van der Waals surface area contributed by atoms with Gasteiger partial charge < -0.3 is 16.0 Å². The summed E-state index contributed by atoms with van der Waals surface area (Å²) in [6.45, 7) is 8.22. The van der Waals surface area contributed by atoms with E-state index in [-0.39, 0.29) is 23.9 Å². The van der Waals surface area contributed by atoms with E-state index in [0.717, 1.165) is 0 Å². The highest BCUT2D eigenvalue weighted by Gasteiger charge is 2.23. The van der Waals surface area contributed by atoms with Crippen molar-refractivity contribution in [1.29, 1.82) is 0 Å². The predicted molar refractivity (Wildman–Crippen MR) is 99.9 cm³/mol. The number of rotatable bonds is 6. The van der Waals surface area contributed by atoms with E-state index in [1.54, 1.807) is 29.9 Å². The van der Waals surface area contributed by atoms with E-state index in [1.807, 2.05) is 27.7 Å². The summed E-state index contributed by atoms with van der Waals surface area (Å²) >= 11 is 0. The van der Waals surface area contributed by atoms with Crippen LogP contribution in [-0.2, 0) is 7.05 Å². The molecule has 140 valence electrons. The summed E-state index contributed by atoms with van der Waals surface area (Å²) in [5, 5.41) is 12.6. The minimum absolute atomic E-state index is 0.131. The Hall–Kier alpha value is -2.90. The van der Waals surface area contributed by atoms with Crippen LogP contribution in [0.1, 0.15) is 48.6 Å². The Morgan fingerprint density at radius 3 is 2.58 bits per heavy atom. The van der Waals surface area contributed by atoms with Crippen LogP contribution in [0.3, 0.4) is 0 Å². The van der Waals surface area contributed by atoms with Gasteiger partial charge in [0.05, 0.1) is 6.04 Å². The maximum Gasteiger partial charge on any atom is 0.319 e. The van der Waals surface area contributed by atoms with Crippen molar-refractivity contribution in [1.82, 2.24) is 25.4 Å². The van der Waals surface area contributed by atoms with Crippen LogP contribution in [0.15, 0.2) is 24.5 Å². The number of benzene rings is 1. The van der Waals surface area contributed by atoms with Gasteiger partial charge in [0.25, 0.3) is 5.91 Å². The largest absolute Gasteiger partial charge is 0.352 e. The molecule has 0 fully saturated rings. The summed E-state index contributed by atoms with van der Waals surface area (Å²) < 4.78 is 1.64. The monoisotopic (exact) mass is 358 g/mol. The van der Waals surface area contributed by atoms with Gasteiger partial charge >= 0.3 is 6.03 Å². The maximum absolute atomic E-state index is 12.5. The molecule has 0 saturated carbocycles. The van der Waals surface area contributed by atoms with Crippen molar-refractivity contribution >= 4 is 17.6 Å². The summed E-state index contributed by atoms with van der Waals surface area (Å²) in [4.78, 5) is 28.8. The normalized spacial score (nSPS) is 11.9. The Morgan fingerprint density at radius 1 is 1.27 bits per heavy atom. The summed E-state index contributed by atoms with van der Waals surface area (Å²) in [6, 6.07) is 4.61. The van der Waals surface area contributed by atoms with Crippen LogP contribution in [-0.4, -0.2) is 33.2 Å². The third-order valence-corrected chi connectivity index (χ3v) is 4.14. The molecule has 1 atom stereocenters. The molecule has 3 amide bonds. The highest BCUT2D eigenvalue weighted by Crippen LogP contribution is 2.21. The molecule has 0 spiro atoms. The van der Waals surface area contributed by atoms with E-state index in [2.05, 4.69) is 26.0 Å². The van der Waals surface area contributed by atoms with Crippen LogP contribution in [0.2, 0.25) is 0 Å². The number of carbonyl (C=O) groups is 2. The van der Waals surface area contributed by atoms with Gasteiger partial charge in [-0.1, -0.05) is 19.9 Å². The van der Waals surface area contributed by atoms with Crippen LogP contribution in [0.4, 0.5) is 10.5 Å². The summed E-state index contributed by atoms with van der Waals surface area (Å²) in [5.74, 6) is 0.655. The molecule has 8 nitrogen and oxygen atoms in total. The van der Waals surface area contributed by atoms with Crippen molar-refractivity contribution in [2.45, 2.75) is 33.7 Å². The van der Waals surface area contributed by atoms with Crippen molar-refractivity contribution < 1.29 is 9.59 Å². The van der Waals surface area contributed by atoms with Crippen LogP contribution < -0.4 is 16.0 Å². The number of amides is 3. The molecule has 0 unspecified atom stereocenters. The number of urea groups is 1. The van der Waals surface area contributed by atoms with Crippen molar-refractivity contribution in [2.75, 3.05) is 11.9 Å². The summed E-state index contributed by atoms with van der Waals surface area (Å²) in [6.07, 6.45) is 1.46. The molecule has 0 aliphatic rings. The molecular formula is C18H26N6O2. The molecule has 2 rings (SSSR count). The van der Waals surface area contributed by atoms with Gasteiger partial charge in [0.1, 0.15) is 12.2 Å². The molecule has 8 heteroatoms. The molecule has 0 aliphatic carbocycles. The first-order chi connectivity index (χ1) is 12.3. The van der Waals surface area contributed by atoms with Crippen molar-refractivity contribution in [3.8, 4) is 0 Å². The highest BCUT2D eigenvalue weighted by molar-refractivity contribution is 5.99. The molecule has 0 radical (unpaired) electrons. The van der Waals surface area contributed by atoms with Crippen LogP contribution in [0, 0.1) is 12.8 Å². The zero-order chi connectivity index (χ0) is 19.3. The molecular weight excluding hydrogens is 332 g/mol. The topological polar surface area (TPSA) is 101 Å². The van der Waals surface area contributed by atoms with Crippen LogP contribution in [0.5, 0.6) is 0 Å². The average Bonchev–Trinajstić information content (AvgIpc) is 3.00. The first-order valence-electron chi connectivity index (χ1n) is 8.64. The van der Waals surface area contributed by atoms with E-state index in [1.165, 1.54) is 6.33 Å².